The second kappa shape index (κ2) is 8.53. The lowest BCUT2D eigenvalue weighted by Gasteiger charge is -2.10. The predicted molar refractivity (Wildman–Crippen MR) is 77.8 cm³/mol. The first-order chi connectivity index (χ1) is 9.19. The molecular formula is C15H24N2O2. The quantitative estimate of drug-likeness (QED) is 0.707. The minimum Gasteiger partial charge on any atom is -0.494 e. The number of benzene rings is 1. The number of carbonyl (C=O) groups is 1. The number of amides is 1. The Balaban J connectivity index is 2.50. The van der Waals surface area contributed by atoms with Crippen LogP contribution in [0.4, 0.5) is 0 Å². The summed E-state index contributed by atoms with van der Waals surface area (Å²) >= 11 is 0. The predicted octanol–water partition coefficient (Wildman–Crippen LogP) is 2.12. The van der Waals surface area contributed by atoms with Gasteiger partial charge in [0.1, 0.15) is 5.75 Å². The Kier molecular flexibility index (Phi) is 6.97. The van der Waals surface area contributed by atoms with Crippen molar-refractivity contribution in [1.82, 2.24) is 10.6 Å². The lowest BCUT2D eigenvalue weighted by atomic mass is 10.1. The van der Waals surface area contributed by atoms with Gasteiger partial charge in [-0.1, -0.05) is 13.0 Å². The molecule has 0 unspecified atom stereocenters. The van der Waals surface area contributed by atoms with Crippen LogP contribution in [0.5, 0.6) is 5.75 Å². The Labute approximate surface area is 115 Å². The molecule has 1 aromatic rings. The van der Waals surface area contributed by atoms with E-state index in [9.17, 15) is 4.79 Å². The van der Waals surface area contributed by atoms with Gasteiger partial charge in [-0.05, 0) is 44.5 Å². The minimum absolute atomic E-state index is 0.0562. The zero-order valence-corrected chi connectivity index (χ0v) is 12.1. The van der Waals surface area contributed by atoms with E-state index in [2.05, 4.69) is 17.6 Å². The van der Waals surface area contributed by atoms with Crippen molar-refractivity contribution >= 4 is 5.91 Å². The van der Waals surface area contributed by atoms with Crippen LogP contribution in [0.25, 0.3) is 0 Å². The molecule has 0 aliphatic carbocycles. The number of rotatable bonds is 8. The van der Waals surface area contributed by atoms with E-state index in [1.54, 1.807) is 6.07 Å². The van der Waals surface area contributed by atoms with Crippen molar-refractivity contribution in [3.63, 3.8) is 0 Å². The van der Waals surface area contributed by atoms with Gasteiger partial charge < -0.3 is 15.4 Å². The van der Waals surface area contributed by atoms with Crippen LogP contribution in [0.1, 0.15) is 36.2 Å². The SMILES string of the molecule is CCCNCCNC(=O)c1ccc(C)c(OCC)c1. The topological polar surface area (TPSA) is 50.4 Å². The Morgan fingerprint density at radius 3 is 2.68 bits per heavy atom. The molecule has 19 heavy (non-hydrogen) atoms. The van der Waals surface area contributed by atoms with Crippen LogP contribution in [-0.4, -0.2) is 32.1 Å². The summed E-state index contributed by atoms with van der Waals surface area (Å²) in [6.45, 7) is 9.04. The molecule has 1 amide bonds. The molecule has 0 aromatic heterocycles. The van der Waals surface area contributed by atoms with Gasteiger partial charge in [0, 0.05) is 18.7 Å². The highest BCUT2D eigenvalue weighted by atomic mass is 16.5. The third-order valence-corrected chi connectivity index (χ3v) is 2.76. The molecule has 0 saturated heterocycles. The first-order valence-electron chi connectivity index (χ1n) is 6.91. The maximum atomic E-state index is 12.0. The van der Waals surface area contributed by atoms with Crippen molar-refractivity contribution in [1.29, 1.82) is 0 Å². The van der Waals surface area contributed by atoms with E-state index in [1.165, 1.54) is 0 Å². The monoisotopic (exact) mass is 264 g/mol. The van der Waals surface area contributed by atoms with E-state index >= 15 is 0 Å². The molecule has 0 heterocycles. The second-order valence-corrected chi connectivity index (χ2v) is 4.42. The Hall–Kier alpha value is -1.55. The summed E-state index contributed by atoms with van der Waals surface area (Å²) in [6, 6.07) is 5.54. The molecule has 0 radical (unpaired) electrons. The van der Waals surface area contributed by atoms with Gasteiger partial charge in [0.25, 0.3) is 5.91 Å². The van der Waals surface area contributed by atoms with Gasteiger partial charge in [0.15, 0.2) is 0 Å². The molecule has 0 spiro atoms. The molecule has 0 saturated carbocycles. The van der Waals surface area contributed by atoms with Gasteiger partial charge in [-0.15, -0.1) is 0 Å². The van der Waals surface area contributed by atoms with E-state index in [-0.39, 0.29) is 5.91 Å². The third kappa shape index (κ3) is 5.30. The van der Waals surface area contributed by atoms with Crippen LogP contribution in [0.2, 0.25) is 0 Å². The van der Waals surface area contributed by atoms with Crippen molar-refractivity contribution in [2.24, 2.45) is 0 Å². The van der Waals surface area contributed by atoms with Crippen molar-refractivity contribution in [2.45, 2.75) is 27.2 Å². The van der Waals surface area contributed by atoms with Crippen molar-refractivity contribution < 1.29 is 9.53 Å². The fraction of sp³-hybridized carbons (Fsp3) is 0.533. The van der Waals surface area contributed by atoms with Gasteiger partial charge in [0.05, 0.1) is 6.61 Å². The molecule has 0 bridgehead atoms. The Morgan fingerprint density at radius 2 is 2.00 bits per heavy atom. The molecule has 106 valence electrons. The number of carbonyl (C=O) groups excluding carboxylic acids is 1. The average Bonchev–Trinajstić information content (AvgIpc) is 2.41. The molecule has 0 aliphatic heterocycles. The maximum Gasteiger partial charge on any atom is 0.251 e. The molecule has 0 aliphatic rings. The van der Waals surface area contributed by atoms with Crippen LogP contribution < -0.4 is 15.4 Å². The van der Waals surface area contributed by atoms with Gasteiger partial charge in [-0.3, -0.25) is 4.79 Å². The molecule has 0 fully saturated rings. The van der Waals surface area contributed by atoms with Gasteiger partial charge >= 0.3 is 0 Å². The van der Waals surface area contributed by atoms with Crippen molar-refractivity contribution in [2.75, 3.05) is 26.2 Å². The Morgan fingerprint density at radius 1 is 1.21 bits per heavy atom. The minimum atomic E-state index is -0.0562. The standard InChI is InChI=1S/C15H24N2O2/c1-4-8-16-9-10-17-15(18)13-7-6-12(3)14(11-13)19-5-2/h6-7,11,16H,4-5,8-10H2,1-3H3,(H,17,18). The fourth-order valence-electron chi connectivity index (χ4n) is 1.72. The van der Waals surface area contributed by atoms with Crippen molar-refractivity contribution in [3.05, 3.63) is 29.3 Å². The first-order valence-corrected chi connectivity index (χ1v) is 6.91. The zero-order valence-electron chi connectivity index (χ0n) is 12.1. The van der Waals surface area contributed by atoms with Crippen LogP contribution in [0.15, 0.2) is 18.2 Å². The van der Waals surface area contributed by atoms with Crippen LogP contribution in [0, 0.1) is 6.92 Å². The fourth-order valence-corrected chi connectivity index (χ4v) is 1.72. The molecular weight excluding hydrogens is 240 g/mol. The molecule has 1 rings (SSSR count). The summed E-state index contributed by atoms with van der Waals surface area (Å²) in [7, 11) is 0. The number of nitrogens with one attached hydrogen (secondary N) is 2. The smallest absolute Gasteiger partial charge is 0.251 e. The van der Waals surface area contributed by atoms with Crippen LogP contribution in [0.3, 0.4) is 0 Å². The molecule has 4 heteroatoms. The summed E-state index contributed by atoms with van der Waals surface area (Å²) in [4.78, 5) is 12.0. The lowest BCUT2D eigenvalue weighted by molar-refractivity contribution is 0.0953. The number of aryl methyl sites for hydroxylation is 1. The second-order valence-electron chi connectivity index (χ2n) is 4.42. The van der Waals surface area contributed by atoms with E-state index in [0.717, 1.165) is 30.8 Å². The highest BCUT2D eigenvalue weighted by Gasteiger charge is 2.08. The first kappa shape index (κ1) is 15.5. The molecule has 0 atom stereocenters. The number of ether oxygens (including phenoxy) is 1. The highest BCUT2D eigenvalue weighted by molar-refractivity contribution is 5.94. The summed E-state index contributed by atoms with van der Waals surface area (Å²) in [5, 5.41) is 6.13. The number of hydrogen-bond donors (Lipinski definition) is 2. The summed E-state index contributed by atoms with van der Waals surface area (Å²) in [6.07, 6.45) is 1.10. The van der Waals surface area contributed by atoms with E-state index in [1.807, 2.05) is 26.0 Å². The summed E-state index contributed by atoms with van der Waals surface area (Å²) < 4.78 is 5.49. The highest BCUT2D eigenvalue weighted by Crippen LogP contribution is 2.19. The average molecular weight is 264 g/mol. The lowest BCUT2D eigenvalue weighted by Crippen LogP contribution is -2.32. The Bertz CT molecular complexity index is 405. The van der Waals surface area contributed by atoms with Crippen LogP contribution >= 0.6 is 0 Å². The third-order valence-electron chi connectivity index (χ3n) is 2.76. The number of hydrogen-bond acceptors (Lipinski definition) is 3. The van der Waals surface area contributed by atoms with Gasteiger partial charge in [-0.25, -0.2) is 0 Å². The molecule has 2 N–H and O–H groups in total. The summed E-state index contributed by atoms with van der Waals surface area (Å²) in [5.41, 5.74) is 1.69. The van der Waals surface area contributed by atoms with Crippen molar-refractivity contribution in [3.8, 4) is 5.75 Å². The van der Waals surface area contributed by atoms with E-state index in [0.29, 0.717) is 18.7 Å². The van der Waals surface area contributed by atoms with E-state index in [4.69, 9.17) is 4.74 Å². The molecule has 4 nitrogen and oxygen atoms in total. The molecule has 1 aromatic carbocycles. The van der Waals surface area contributed by atoms with Crippen LogP contribution in [-0.2, 0) is 0 Å². The van der Waals surface area contributed by atoms with E-state index < -0.39 is 0 Å². The van der Waals surface area contributed by atoms with Gasteiger partial charge in [0.2, 0.25) is 0 Å². The van der Waals surface area contributed by atoms with Gasteiger partial charge in [-0.2, -0.15) is 0 Å². The normalized spacial score (nSPS) is 10.3. The maximum absolute atomic E-state index is 12.0. The summed E-state index contributed by atoms with van der Waals surface area (Å²) in [5.74, 6) is 0.721. The largest absolute Gasteiger partial charge is 0.494 e. The zero-order chi connectivity index (χ0) is 14.1.